The zero-order chi connectivity index (χ0) is 40.4. The predicted octanol–water partition coefficient (Wildman–Crippen LogP) is 12.5. The Hall–Kier alpha value is -6.23. The molecule has 9 aromatic rings. The Morgan fingerprint density at radius 3 is 1.78 bits per heavy atom. The SMILES string of the molecule is [2H]c1c([2H])c(C)c([2H])c(-c2c([2H])c([2H])c([2H])c(-c3cccc4c3sc3cccc(-c5nc(-c6ccccc6)nc(-c6ccc(-c7ccccc7)cc6)n5)c34)c2[2H])c1[2H]. The van der Waals surface area contributed by atoms with Crippen LogP contribution in [0.15, 0.2) is 170 Å². The lowest BCUT2D eigenvalue weighted by molar-refractivity contribution is 1.08. The molecule has 236 valence electrons. The second kappa shape index (κ2) is 12.7. The highest BCUT2D eigenvalue weighted by molar-refractivity contribution is 7.26. The molecule has 9 rings (SSSR count). The molecule has 0 saturated heterocycles. The summed E-state index contributed by atoms with van der Waals surface area (Å²) in [6, 6.07) is 36.5. The fraction of sp³-hybridized carbons (Fsp3) is 0.0217. The molecule has 0 aliphatic carbocycles. The molecule has 0 atom stereocenters. The van der Waals surface area contributed by atoms with Crippen molar-refractivity contribution in [1.82, 2.24) is 15.0 Å². The van der Waals surface area contributed by atoms with Crippen LogP contribution in [-0.4, -0.2) is 15.0 Å². The van der Waals surface area contributed by atoms with Gasteiger partial charge in [-0.2, -0.15) is 0 Å². The van der Waals surface area contributed by atoms with Gasteiger partial charge in [0.15, 0.2) is 17.5 Å². The van der Waals surface area contributed by atoms with Gasteiger partial charge in [0.2, 0.25) is 0 Å². The average molecular weight is 666 g/mol. The first kappa shape index (κ1) is 22.4. The quantitative estimate of drug-likeness (QED) is 0.177. The second-order valence-corrected chi connectivity index (χ2v) is 12.9. The van der Waals surface area contributed by atoms with Crippen LogP contribution in [-0.2, 0) is 0 Å². The third-order valence-corrected chi connectivity index (χ3v) is 9.78. The number of hydrogen-bond donors (Lipinski definition) is 0. The molecule has 0 aliphatic heterocycles. The molecule has 0 bridgehead atoms. The summed E-state index contributed by atoms with van der Waals surface area (Å²) in [7, 11) is 0. The van der Waals surface area contributed by atoms with Crippen LogP contribution in [0.3, 0.4) is 0 Å². The largest absolute Gasteiger partial charge is 0.208 e. The van der Waals surface area contributed by atoms with Gasteiger partial charge >= 0.3 is 0 Å². The molecule has 2 aromatic heterocycles. The smallest absolute Gasteiger partial charge is 0.164 e. The van der Waals surface area contributed by atoms with Crippen LogP contribution < -0.4 is 0 Å². The van der Waals surface area contributed by atoms with Gasteiger partial charge in [0.25, 0.3) is 0 Å². The Labute approximate surface area is 306 Å². The van der Waals surface area contributed by atoms with E-state index in [9.17, 15) is 1.37 Å². The Balaban J connectivity index is 1.25. The van der Waals surface area contributed by atoms with Crippen molar-refractivity contribution in [3.8, 4) is 67.5 Å². The van der Waals surface area contributed by atoms with E-state index in [4.69, 9.17) is 24.5 Å². The average Bonchev–Trinajstić information content (AvgIpc) is 3.66. The van der Waals surface area contributed by atoms with E-state index >= 15 is 0 Å². The van der Waals surface area contributed by atoms with Gasteiger partial charge < -0.3 is 0 Å². The highest BCUT2D eigenvalue weighted by Gasteiger charge is 2.18. The van der Waals surface area contributed by atoms with Crippen molar-refractivity contribution in [3.05, 3.63) is 175 Å². The number of thiophene rings is 1. The van der Waals surface area contributed by atoms with Crippen LogP contribution in [0.5, 0.6) is 0 Å². The molecule has 0 aliphatic rings. The topological polar surface area (TPSA) is 38.7 Å². The molecule has 50 heavy (non-hydrogen) atoms. The number of hydrogen-bond acceptors (Lipinski definition) is 4. The fourth-order valence-electron chi connectivity index (χ4n) is 6.18. The first-order valence-corrected chi connectivity index (χ1v) is 16.9. The standard InChI is InChI=1S/C46H31N3S/c1-30-12-8-17-35(28-30)36-18-9-19-37(29-36)38-20-10-21-39-42-40(22-11-23-41(42)50-43(38)39)46-48-44(33-15-6-3-7-16-33)47-45(49-46)34-26-24-32(25-27-34)31-13-4-2-5-14-31/h2-29H,1H3/i8D,9D,12D,17D,18D,19D,28D,29D. The minimum Gasteiger partial charge on any atom is -0.208 e. The summed E-state index contributed by atoms with van der Waals surface area (Å²) in [4.78, 5) is 15.0. The van der Waals surface area contributed by atoms with Gasteiger partial charge in [0.1, 0.15) is 0 Å². The monoisotopic (exact) mass is 665 g/mol. The second-order valence-electron chi connectivity index (χ2n) is 11.8. The van der Waals surface area contributed by atoms with Gasteiger partial charge in [-0.1, -0.05) is 163 Å². The first-order chi connectivity index (χ1) is 28.0. The van der Waals surface area contributed by atoms with E-state index < -0.39 is 24.2 Å². The van der Waals surface area contributed by atoms with Crippen LogP contribution in [0, 0.1) is 6.92 Å². The number of aromatic nitrogens is 3. The first-order valence-electron chi connectivity index (χ1n) is 20.1. The van der Waals surface area contributed by atoms with E-state index in [0.717, 1.165) is 48.0 Å². The summed E-state index contributed by atoms with van der Waals surface area (Å²) in [6.07, 6.45) is 0. The normalized spacial score (nSPS) is 13.5. The molecule has 0 fully saturated rings. The van der Waals surface area contributed by atoms with E-state index in [2.05, 4.69) is 24.3 Å². The van der Waals surface area contributed by atoms with Crippen molar-refractivity contribution >= 4 is 31.5 Å². The maximum atomic E-state index is 9.43. The zero-order valence-corrected chi connectivity index (χ0v) is 27.6. The molecule has 0 N–H and O–H groups in total. The summed E-state index contributed by atoms with van der Waals surface area (Å²) in [5, 5.41) is 1.68. The van der Waals surface area contributed by atoms with E-state index in [-0.39, 0.29) is 46.4 Å². The van der Waals surface area contributed by atoms with E-state index in [1.807, 2.05) is 91.0 Å². The van der Waals surface area contributed by atoms with Gasteiger partial charge in [-0.15, -0.1) is 11.3 Å². The Kier molecular flexibility index (Phi) is 5.68. The molecule has 0 unspecified atom stereocenters. The van der Waals surface area contributed by atoms with Crippen LogP contribution in [0.25, 0.3) is 87.7 Å². The lowest BCUT2D eigenvalue weighted by Crippen LogP contribution is -2.00. The van der Waals surface area contributed by atoms with Gasteiger partial charge in [-0.3, -0.25) is 0 Å². The minimum atomic E-state index is -0.474. The lowest BCUT2D eigenvalue weighted by atomic mass is 9.96. The van der Waals surface area contributed by atoms with E-state index in [1.165, 1.54) is 18.3 Å². The van der Waals surface area contributed by atoms with Crippen LogP contribution in [0.4, 0.5) is 0 Å². The molecule has 0 radical (unpaired) electrons. The summed E-state index contributed by atoms with van der Waals surface area (Å²) < 4.78 is 71.8. The van der Waals surface area contributed by atoms with Crippen LogP contribution in [0.2, 0.25) is 0 Å². The van der Waals surface area contributed by atoms with Gasteiger partial charge in [-0.25, -0.2) is 15.0 Å². The highest BCUT2D eigenvalue weighted by Crippen LogP contribution is 2.44. The van der Waals surface area contributed by atoms with Gasteiger partial charge in [0, 0.05) is 36.9 Å². The Bertz CT molecular complexity index is 3070. The lowest BCUT2D eigenvalue weighted by Gasteiger charge is -2.10. The molecule has 0 saturated carbocycles. The molecule has 0 spiro atoms. The van der Waals surface area contributed by atoms with Crippen molar-refractivity contribution in [2.45, 2.75) is 6.92 Å². The van der Waals surface area contributed by atoms with Crippen LogP contribution >= 0.6 is 11.3 Å². The molecular formula is C46H31N3S. The zero-order valence-electron chi connectivity index (χ0n) is 34.8. The minimum absolute atomic E-state index is 0.0837. The number of rotatable bonds is 6. The molecule has 2 heterocycles. The summed E-state index contributed by atoms with van der Waals surface area (Å²) >= 11 is 1.46. The maximum absolute atomic E-state index is 9.43. The summed E-state index contributed by atoms with van der Waals surface area (Å²) in [6.45, 7) is 1.50. The van der Waals surface area contributed by atoms with Gasteiger partial charge in [-0.05, 0) is 52.4 Å². The van der Waals surface area contributed by atoms with Crippen molar-refractivity contribution in [2.75, 3.05) is 0 Å². The Morgan fingerprint density at radius 2 is 1.02 bits per heavy atom. The molecule has 4 heteroatoms. The predicted molar refractivity (Wildman–Crippen MR) is 210 cm³/mol. The van der Waals surface area contributed by atoms with Crippen molar-refractivity contribution in [3.63, 3.8) is 0 Å². The summed E-state index contributed by atoms with van der Waals surface area (Å²) in [5.41, 5.74) is 4.97. The van der Waals surface area contributed by atoms with E-state index in [1.54, 1.807) is 6.07 Å². The molecule has 0 amide bonds. The van der Waals surface area contributed by atoms with E-state index in [0.29, 0.717) is 23.0 Å². The molecule has 7 aromatic carbocycles. The molecule has 3 nitrogen and oxygen atoms in total. The summed E-state index contributed by atoms with van der Waals surface area (Å²) in [5.74, 6) is 1.49. The third-order valence-electron chi connectivity index (χ3n) is 8.58. The van der Waals surface area contributed by atoms with Gasteiger partial charge in [0.05, 0.1) is 11.0 Å². The van der Waals surface area contributed by atoms with Crippen molar-refractivity contribution in [1.29, 1.82) is 0 Å². The Morgan fingerprint density at radius 1 is 0.460 bits per heavy atom. The number of nitrogens with zero attached hydrogens (tertiary/aromatic N) is 3. The van der Waals surface area contributed by atoms with Crippen molar-refractivity contribution in [2.24, 2.45) is 0 Å². The maximum Gasteiger partial charge on any atom is 0.164 e. The number of benzene rings is 7. The highest BCUT2D eigenvalue weighted by atomic mass is 32.1. The van der Waals surface area contributed by atoms with Crippen LogP contribution in [0.1, 0.15) is 16.5 Å². The third kappa shape index (κ3) is 5.56. The van der Waals surface area contributed by atoms with Crippen molar-refractivity contribution < 1.29 is 11.0 Å². The fourth-order valence-corrected chi connectivity index (χ4v) is 7.43. The number of fused-ring (bicyclic) bond motifs is 3. The molecular weight excluding hydrogens is 627 g/mol.